The molecule has 0 aromatic heterocycles. The molecule has 0 aliphatic rings. The number of rotatable bonds is 7. The number of halogens is 6. The molecule has 0 unspecified atom stereocenters. The molecular weight excluding hydrogens is 598 g/mol. The van der Waals surface area contributed by atoms with Crippen molar-refractivity contribution in [3.05, 3.63) is 114 Å². The molecular formula is C35H34F6O2S. The smallest absolute Gasteiger partial charge is 0.411 e. The summed E-state index contributed by atoms with van der Waals surface area (Å²) in [5.41, 5.74) is -5.60. The lowest BCUT2D eigenvalue weighted by Crippen LogP contribution is -2.54. The number of ether oxygens (including phenoxy) is 2. The van der Waals surface area contributed by atoms with Gasteiger partial charge in [-0.15, -0.1) is 0 Å². The molecule has 234 valence electrons. The van der Waals surface area contributed by atoms with Gasteiger partial charge >= 0.3 is 12.4 Å². The molecule has 4 rings (SSSR count). The maximum atomic E-state index is 14.5. The summed E-state index contributed by atoms with van der Waals surface area (Å²) in [6.07, 6.45) is -11.4. The normalized spacial score (nSPS) is 13.1. The first-order valence-corrected chi connectivity index (χ1v) is 14.7. The van der Waals surface area contributed by atoms with Crippen molar-refractivity contribution in [1.82, 2.24) is 0 Å². The molecule has 2 nitrogen and oxygen atoms in total. The van der Waals surface area contributed by atoms with Gasteiger partial charge in [0.2, 0.25) is 5.41 Å². The molecule has 0 heterocycles. The standard InChI is InChI=1S/C35H34F6O2S/c1-31(2,3)23-11-19-29(20-12-23)44-30-21-17-27(18-22-30)42-26-13-7-24(8-14-26)33(34(36,37)38,35(39,40)41)25-9-15-28(16-10-25)43-32(4,5)6/h7-22H,1-6H3. The van der Waals surface area contributed by atoms with Crippen LogP contribution in [-0.4, -0.2) is 18.0 Å². The Morgan fingerprint density at radius 2 is 0.795 bits per heavy atom. The van der Waals surface area contributed by atoms with Crippen molar-refractivity contribution >= 4 is 11.8 Å². The Labute approximate surface area is 258 Å². The summed E-state index contributed by atoms with van der Waals surface area (Å²) in [6, 6.07) is 23.0. The number of benzene rings is 4. The molecule has 0 radical (unpaired) electrons. The average molecular weight is 633 g/mol. The van der Waals surface area contributed by atoms with Crippen molar-refractivity contribution in [2.75, 3.05) is 0 Å². The van der Waals surface area contributed by atoms with E-state index in [0.717, 1.165) is 58.3 Å². The number of hydrogen-bond acceptors (Lipinski definition) is 3. The predicted octanol–water partition coefficient (Wildman–Crippen LogP) is 11.5. The average Bonchev–Trinajstić information content (AvgIpc) is 2.89. The zero-order chi connectivity index (χ0) is 32.6. The third-order valence-electron chi connectivity index (χ3n) is 6.86. The highest BCUT2D eigenvalue weighted by molar-refractivity contribution is 7.99. The van der Waals surface area contributed by atoms with Crippen LogP contribution in [-0.2, 0) is 10.8 Å². The first-order valence-electron chi connectivity index (χ1n) is 13.9. The summed E-state index contributed by atoms with van der Waals surface area (Å²) >= 11 is 1.56. The van der Waals surface area contributed by atoms with Crippen molar-refractivity contribution in [2.24, 2.45) is 0 Å². The van der Waals surface area contributed by atoms with Crippen LogP contribution in [0.1, 0.15) is 58.2 Å². The van der Waals surface area contributed by atoms with E-state index in [-0.39, 0.29) is 16.9 Å². The fourth-order valence-corrected chi connectivity index (χ4v) is 5.57. The minimum atomic E-state index is -5.69. The van der Waals surface area contributed by atoms with Gasteiger partial charge in [0.1, 0.15) is 22.8 Å². The fourth-order valence-electron chi connectivity index (χ4n) is 4.75. The van der Waals surface area contributed by atoms with E-state index in [1.54, 1.807) is 44.7 Å². The van der Waals surface area contributed by atoms with Gasteiger partial charge in [-0.25, -0.2) is 0 Å². The highest BCUT2D eigenvalue weighted by atomic mass is 32.2. The SMILES string of the molecule is CC(C)(C)Oc1ccc(C(c2ccc(Oc3ccc(Sc4ccc(C(C)(C)C)cc4)cc3)cc2)(C(F)(F)F)C(F)(F)F)cc1. The van der Waals surface area contributed by atoms with Crippen LogP contribution >= 0.6 is 11.8 Å². The zero-order valence-electron chi connectivity index (χ0n) is 25.2. The predicted molar refractivity (Wildman–Crippen MR) is 162 cm³/mol. The molecule has 0 amide bonds. The second-order valence-corrected chi connectivity index (χ2v) is 13.6. The second-order valence-electron chi connectivity index (χ2n) is 12.5. The lowest BCUT2D eigenvalue weighted by atomic mass is 9.73. The van der Waals surface area contributed by atoms with E-state index in [4.69, 9.17) is 9.47 Å². The molecule has 0 bridgehead atoms. The van der Waals surface area contributed by atoms with E-state index >= 15 is 0 Å². The molecule has 0 saturated carbocycles. The summed E-state index contributed by atoms with van der Waals surface area (Å²) < 4.78 is 98.6. The zero-order valence-corrected chi connectivity index (χ0v) is 26.0. The maximum absolute atomic E-state index is 14.5. The Bertz CT molecular complexity index is 1510. The van der Waals surface area contributed by atoms with Gasteiger partial charge < -0.3 is 9.47 Å². The van der Waals surface area contributed by atoms with E-state index in [0.29, 0.717) is 5.75 Å². The molecule has 0 atom stereocenters. The third-order valence-corrected chi connectivity index (χ3v) is 7.88. The van der Waals surface area contributed by atoms with Gasteiger partial charge in [-0.3, -0.25) is 0 Å². The summed E-state index contributed by atoms with van der Waals surface area (Å²) in [6.45, 7) is 11.6. The molecule has 0 aliphatic heterocycles. The first kappa shape index (κ1) is 33.3. The quantitative estimate of drug-likeness (QED) is 0.189. The summed E-state index contributed by atoms with van der Waals surface area (Å²) in [4.78, 5) is 1.99. The van der Waals surface area contributed by atoms with Crippen LogP contribution < -0.4 is 9.47 Å². The Morgan fingerprint density at radius 3 is 1.16 bits per heavy atom. The molecule has 0 spiro atoms. The summed E-state index contributed by atoms with van der Waals surface area (Å²) in [7, 11) is 0. The van der Waals surface area contributed by atoms with Gasteiger partial charge in [0, 0.05) is 9.79 Å². The van der Waals surface area contributed by atoms with Crippen molar-refractivity contribution in [2.45, 2.75) is 80.1 Å². The van der Waals surface area contributed by atoms with E-state index in [1.165, 1.54) is 5.56 Å². The molecule has 4 aromatic rings. The van der Waals surface area contributed by atoms with E-state index < -0.39 is 34.5 Å². The maximum Gasteiger partial charge on any atom is 0.411 e. The molecule has 0 N–H and O–H groups in total. The van der Waals surface area contributed by atoms with Crippen LogP contribution in [0.2, 0.25) is 0 Å². The Kier molecular flexibility index (Phi) is 9.14. The molecule has 0 aliphatic carbocycles. The lowest BCUT2D eigenvalue weighted by molar-refractivity contribution is -0.288. The minimum absolute atomic E-state index is 0.0499. The van der Waals surface area contributed by atoms with Gasteiger partial charge in [0.25, 0.3) is 0 Å². The van der Waals surface area contributed by atoms with Crippen LogP contribution in [0.25, 0.3) is 0 Å². The molecule has 9 heteroatoms. The summed E-state index contributed by atoms with van der Waals surface area (Å²) in [5.74, 6) is 0.641. The van der Waals surface area contributed by atoms with Crippen molar-refractivity contribution in [3.63, 3.8) is 0 Å². The Hall–Kier alpha value is -3.59. The fraction of sp³-hybridized carbons (Fsp3) is 0.314. The monoisotopic (exact) mass is 632 g/mol. The van der Waals surface area contributed by atoms with Crippen molar-refractivity contribution in [1.29, 1.82) is 0 Å². The van der Waals surface area contributed by atoms with E-state index in [2.05, 4.69) is 32.9 Å². The van der Waals surface area contributed by atoms with Gasteiger partial charge in [-0.2, -0.15) is 26.3 Å². The van der Waals surface area contributed by atoms with Gasteiger partial charge in [0.05, 0.1) is 0 Å². The van der Waals surface area contributed by atoms with E-state index in [1.807, 2.05) is 24.3 Å². The molecule has 44 heavy (non-hydrogen) atoms. The van der Waals surface area contributed by atoms with Gasteiger partial charge in [-0.1, -0.05) is 68.9 Å². The summed E-state index contributed by atoms with van der Waals surface area (Å²) in [5, 5.41) is 0. The second kappa shape index (κ2) is 12.1. The molecule has 0 fully saturated rings. The van der Waals surface area contributed by atoms with Crippen molar-refractivity contribution < 1.29 is 35.8 Å². The number of alkyl halides is 6. The largest absolute Gasteiger partial charge is 0.488 e. The Balaban J connectivity index is 1.56. The highest BCUT2D eigenvalue weighted by Gasteiger charge is 2.72. The third kappa shape index (κ3) is 7.37. The van der Waals surface area contributed by atoms with Crippen LogP contribution in [0.15, 0.2) is 107 Å². The Morgan fingerprint density at radius 1 is 0.455 bits per heavy atom. The highest BCUT2D eigenvalue weighted by Crippen LogP contribution is 2.56. The lowest BCUT2D eigenvalue weighted by Gasteiger charge is -2.38. The van der Waals surface area contributed by atoms with Crippen LogP contribution in [0.3, 0.4) is 0 Å². The molecule has 4 aromatic carbocycles. The first-order chi connectivity index (χ1) is 20.3. The van der Waals surface area contributed by atoms with Gasteiger partial charge in [0.15, 0.2) is 0 Å². The van der Waals surface area contributed by atoms with Gasteiger partial charge in [-0.05, 0) is 104 Å². The van der Waals surface area contributed by atoms with Crippen LogP contribution in [0.4, 0.5) is 26.3 Å². The topological polar surface area (TPSA) is 18.5 Å². The number of hydrogen-bond donors (Lipinski definition) is 0. The van der Waals surface area contributed by atoms with E-state index in [9.17, 15) is 26.3 Å². The van der Waals surface area contributed by atoms with Crippen molar-refractivity contribution in [3.8, 4) is 17.2 Å². The van der Waals surface area contributed by atoms with Crippen LogP contribution in [0.5, 0.6) is 17.2 Å². The van der Waals surface area contributed by atoms with Crippen LogP contribution in [0, 0.1) is 0 Å². The minimum Gasteiger partial charge on any atom is -0.488 e. The molecule has 0 saturated heterocycles.